The average molecular weight is 377 g/mol. The highest BCUT2D eigenvalue weighted by Crippen LogP contribution is 2.24. The van der Waals surface area contributed by atoms with E-state index in [1.165, 1.54) is 18.2 Å². The van der Waals surface area contributed by atoms with Crippen LogP contribution in [0.15, 0.2) is 36.4 Å². The quantitative estimate of drug-likeness (QED) is 0.270. The van der Waals surface area contributed by atoms with Gasteiger partial charge in [-0.15, -0.1) is 0 Å². The first kappa shape index (κ1) is 16.7. The molecule has 118 valence electrons. The summed E-state index contributed by atoms with van der Waals surface area (Å²) in [7, 11) is 0. The van der Waals surface area contributed by atoms with Gasteiger partial charge in [-0.25, -0.2) is 4.79 Å². The minimum Gasteiger partial charge on any atom is -0.478 e. The van der Waals surface area contributed by atoms with Crippen molar-refractivity contribution in [3.63, 3.8) is 0 Å². The molecule has 0 heterocycles. The van der Waals surface area contributed by atoms with Gasteiger partial charge in [-0.2, -0.15) is 0 Å². The van der Waals surface area contributed by atoms with Crippen molar-refractivity contribution in [1.29, 1.82) is 0 Å². The number of nitrogens with two attached hydrogens (primary N) is 1. The van der Waals surface area contributed by atoms with Crippen molar-refractivity contribution in [3.8, 4) is 0 Å². The van der Waals surface area contributed by atoms with Crippen LogP contribution < -0.4 is 5.73 Å². The Morgan fingerprint density at radius 1 is 1.22 bits per heavy atom. The van der Waals surface area contributed by atoms with Gasteiger partial charge in [0, 0.05) is 22.6 Å². The molecule has 23 heavy (non-hydrogen) atoms. The Kier molecular flexibility index (Phi) is 5.13. The number of hydrogen-bond donors (Lipinski definition) is 2. The van der Waals surface area contributed by atoms with Gasteiger partial charge < -0.3 is 10.8 Å². The summed E-state index contributed by atoms with van der Waals surface area (Å²) in [6.45, 7) is 0. The molecule has 0 fully saturated rings. The first-order chi connectivity index (χ1) is 10.9. The largest absolute Gasteiger partial charge is 0.478 e. The van der Waals surface area contributed by atoms with Crippen LogP contribution in [0.3, 0.4) is 0 Å². The Bertz CT molecular complexity index is 803. The van der Waals surface area contributed by atoms with Crippen LogP contribution in [0.5, 0.6) is 0 Å². The van der Waals surface area contributed by atoms with Gasteiger partial charge in [0.15, 0.2) is 0 Å². The van der Waals surface area contributed by atoms with E-state index in [4.69, 9.17) is 10.8 Å². The number of halogens is 1. The van der Waals surface area contributed by atoms with Crippen LogP contribution in [-0.2, 0) is 5.33 Å². The van der Waals surface area contributed by atoms with E-state index in [1.54, 1.807) is 30.4 Å². The van der Waals surface area contributed by atoms with Crippen molar-refractivity contribution >= 4 is 45.4 Å². The molecule has 0 saturated carbocycles. The zero-order valence-corrected chi connectivity index (χ0v) is 13.5. The molecule has 0 radical (unpaired) electrons. The molecule has 2 aromatic rings. The summed E-state index contributed by atoms with van der Waals surface area (Å²) in [6.07, 6.45) is 3.48. The van der Waals surface area contributed by atoms with Gasteiger partial charge in [0.05, 0.1) is 10.5 Å². The van der Waals surface area contributed by atoms with Gasteiger partial charge in [-0.3, -0.25) is 10.1 Å². The standard InChI is InChI=1S/C16H13BrN2O4/c17-9-12-7-10(4-6-15(12)19(22)23)1-2-11-3-5-14(18)13(8-11)16(20)21/h1-8H,9,18H2,(H,20,21). The highest BCUT2D eigenvalue weighted by atomic mass is 79.9. The summed E-state index contributed by atoms with van der Waals surface area (Å²) in [6, 6.07) is 9.50. The monoisotopic (exact) mass is 376 g/mol. The highest BCUT2D eigenvalue weighted by molar-refractivity contribution is 9.08. The third kappa shape index (κ3) is 3.95. The molecule has 0 bridgehead atoms. The van der Waals surface area contributed by atoms with E-state index in [-0.39, 0.29) is 16.9 Å². The van der Waals surface area contributed by atoms with Crippen molar-refractivity contribution in [1.82, 2.24) is 0 Å². The molecule has 0 aliphatic heterocycles. The maximum atomic E-state index is 11.1. The fraction of sp³-hybridized carbons (Fsp3) is 0.0625. The minimum absolute atomic E-state index is 0.0389. The number of carbonyl (C=O) groups is 1. The maximum absolute atomic E-state index is 11.1. The number of anilines is 1. The number of rotatable bonds is 5. The summed E-state index contributed by atoms with van der Waals surface area (Å²) in [5.41, 5.74) is 7.92. The number of nitrogen functional groups attached to an aromatic ring is 1. The molecule has 0 unspecified atom stereocenters. The van der Waals surface area contributed by atoms with Crippen LogP contribution in [0.1, 0.15) is 27.0 Å². The summed E-state index contributed by atoms with van der Waals surface area (Å²) < 4.78 is 0. The van der Waals surface area contributed by atoms with Crippen molar-refractivity contribution in [3.05, 3.63) is 68.8 Å². The molecule has 0 atom stereocenters. The molecule has 0 saturated heterocycles. The van der Waals surface area contributed by atoms with Crippen LogP contribution in [-0.4, -0.2) is 16.0 Å². The number of nitrogens with zero attached hydrogens (tertiary/aromatic N) is 1. The molecule has 0 aliphatic carbocycles. The van der Waals surface area contributed by atoms with E-state index in [9.17, 15) is 14.9 Å². The Labute approximate surface area is 140 Å². The van der Waals surface area contributed by atoms with E-state index in [1.807, 2.05) is 0 Å². The van der Waals surface area contributed by atoms with Crippen LogP contribution in [0.2, 0.25) is 0 Å². The summed E-state index contributed by atoms with van der Waals surface area (Å²) in [5.74, 6) is -1.09. The van der Waals surface area contributed by atoms with Crippen molar-refractivity contribution in [2.45, 2.75) is 5.33 Å². The summed E-state index contributed by atoms with van der Waals surface area (Å²) in [4.78, 5) is 21.5. The SMILES string of the molecule is Nc1ccc(C=Cc2ccc([N+](=O)[O-])c(CBr)c2)cc1C(=O)O. The van der Waals surface area contributed by atoms with Gasteiger partial charge in [0.2, 0.25) is 0 Å². The maximum Gasteiger partial charge on any atom is 0.337 e. The van der Waals surface area contributed by atoms with E-state index < -0.39 is 10.9 Å². The predicted molar refractivity (Wildman–Crippen MR) is 92.5 cm³/mol. The van der Waals surface area contributed by atoms with Gasteiger partial charge in [-0.05, 0) is 35.4 Å². The van der Waals surface area contributed by atoms with Crippen LogP contribution in [0.4, 0.5) is 11.4 Å². The van der Waals surface area contributed by atoms with Crippen LogP contribution >= 0.6 is 15.9 Å². The van der Waals surface area contributed by atoms with E-state index in [2.05, 4.69) is 15.9 Å². The molecule has 2 aromatic carbocycles. The lowest BCUT2D eigenvalue weighted by atomic mass is 10.1. The van der Waals surface area contributed by atoms with Gasteiger partial charge in [0.1, 0.15) is 0 Å². The first-order valence-electron chi connectivity index (χ1n) is 6.56. The Morgan fingerprint density at radius 3 is 2.39 bits per heavy atom. The molecule has 0 aliphatic rings. The number of aromatic carboxylic acids is 1. The second kappa shape index (κ2) is 7.06. The number of carboxylic acids is 1. The summed E-state index contributed by atoms with van der Waals surface area (Å²) >= 11 is 3.23. The summed E-state index contributed by atoms with van der Waals surface area (Å²) in [5, 5.41) is 20.3. The lowest BCUT2D eigenvalue weighted by molar-refractivity contribution is -0.385. The van der Waals surface area contributed by atoms with Crippen LogP contribution in [0, 0.1) is 10.1 Å². The molecule has 2 rings (SSSR count). The van der Waals surface area contributed by atoms with E-state index in [0.29, 0.717) is 16.5 Å². The molecular weight excluding hydrogens is 364 g/mol. The lowest BCUT2D eigenvalue weighted by Gasteiger charge is -2.03. The molecule has 0 amide bonds. The van der Waals surface area contributed by atoms with Gasteiger partial charge in [-0.1, -0.05) is 34.1 Å². The van der Waals surface area contributed by atoms with E-state index in [0.717, 1.165) is 5.56 Å². The Hall–Kier alpha value is -2.67. The lowest BCUT2D eigenvalue weighted by Crippen LogP contribution is -2.02. The predicted octanol–water partition coefficient (Wildman–Crippen LogP) is 3.94. The molecular formula is C16H13BrN2O4. The highest BCUT2D eigenvalue weighted by Gasteiger charge is 2.12. The Balaban J connectivity index is 2.32. The third-order valence-electron chi connectivity index (χ3n) is 3.22. The number of carboxylic acid groups (broad SMARTS) is 1. The zero-order chi connectivity index (χ0) is 17.0. The third-order valence-corrected chi connectivity index (χ3v) is 3.82. The average Bonchev–Trinajstić information content (AvgIpc) is 2.53. The zero-order valence-electron chi connectivity index (χ0n) is 11.9. The van der Waals surface area contributed by atoms with Gasteiger partial charge in [0.25, 0.3) is 5.69 Å². The molecule has 0 aromatic heterocycles. The van der Waals surface area contributed by atoms with Crippen LogP contribution in [0.25, 0.3) is 12.2 Å². The number of nitro groups is 1. The minimum atomic E-state index is -1.09. The van der Waals surface area contributed by atoms with Crippen molar-refractivity contribution < 1.29 is 14.8 Å². The molecule has 6 nitrogen and oxygen atoms in total. The smallest absolute Gasteiger partial charge is 0.337 e. The second-order valence-corrected chi connectivity index (χ2v) is 5.32. The number of nitro benzene ring substituents is 1. The van der Waals surface area contributed by atoms with E-state index >= 15 is 0 Å². The topological polar surface area (TPSA) is 106 Å². The number of hydrogen-bond acceptors (Lipinski definition) is 4. The molecule has 0 spiro atoms. The number of alkyl halides is 1. The second-order valence-electron chi connectivity index (χ2n) is 4.76. The fourth-order valence-corrected chi connectivity index (χ4v) is 2.50. The van der Waals surface area contributed by atoms with Crippen molar-refractivity contribution in [2.24, 2.45) is 0 Å². The first-order valence-corrected chi connectivity index (χ1v) is 7.68. The molecule has 7 heteroatoms. The molecule has 3 N–H and O–H groups in total. The number of benzene rings is 2. The fourth-order valence-electron chi connectivity index (χ4n) is 2.05. The van der Waals surface area contributed by atoms with Crippen molar-refractivity contribution in [2.75, 3.05) is 5.73 Å². The Morgan fingerprint density at radius 2 is 1.83 bits per heavy atom. The normalized spacial score (nSPS) is 10.8. The van der Waals surface area contributed by atoms with Gasteiger partial charge >= 0.3 is 5.97 Å².